The van der Waals surface area contributed by atoms with Crippen molar-refractivity contribution in [3.63, 3.8) is 0 Å². The van der Waals surface area contributed by atoms with Crippen LogP contribution < -0.4 is 9.47 Å². The van der Waals surface area contributed by atoms with Crippen LogP contribution in [0, 0.1) is 20.2 Å². The van der Waals surface area contributed by atoms with Crippen molar-refractivity contribution < 1.29 is 19.3 Å². The summed E-state index contributed by atoms with van der Waals surface area (Å²) >= 11 is 0. The van der Waals surface area contributed by atoms with Gasteiger partial charge in [-0.1, -0.05) is 36.4 Å². The molecule has 0 saturated carbocycles. The second-order valence-electron chi connectivity index (χ2n) is 8.23. The van der Waals surface area contributed by atoms with Crippen LogP contribution in [0.25, 0.3) is 11.1 Å². The van der Waals surface area contributed by atoms with E-state index in [1.807, 2.05) is 60.7 Å². The molecular weight excluding hydrogens is 484 g/mol. The number of benzene rings is 4. The lowest BCUT2D eigenvalue weighted by Crippen LogP contribution is -1.93. The molecule has 4 aromatic rings. The normalized spacial score (nSPS) is 11.6. The van der Waals surface area contributed by atoms with Crippen LogP contribution in [0.4, 0.5) is 11.4 Å². The molecule has 8 nitrogen and oxygen atoms in total. The Morgan fingerprint density at radius 2 is 0.789 bits per heavy atom. The lowest BCUT2D eigenvalue weighted by Gasteiger charge is -2.12. The van der Waals surface area contributed by atoms with Crippen molar-refractivity contribution in [2.75, 3.05) is 14.2 Å². The van der Waals surface area contributed by atoms with Gasteiger partial charge in [-0.25, -0.2) is 0 Å². The van der Waals surface area contributed by atoms with Crippen molar-refractivity contribution in [1.82, 2.24) is 0 Å². The molecule has 0 N–H and O–H groups in total. The number of hydrogen-bond donors (Lipinski definition) is 0. The molecule has 8 heteroatoms. The van der Waals surface area contributed by atoms with Crippen LogP contribution in [0.15, 0.2) is 109 Å². The van der Waals surface area contributed by atoms with E-state index in [1.54, 1.807) is 38.5 Å². The number of nitrogens with zero attached hydrogens (tertiary/aromatic N) is 2. The molecule has 0 atom stereocenters. The number of nitro benzene ring substituents is 2. The summed E-state index contributed by atoms with van der Waals surface area (Å²) in [6, 6.07) is 27.8. The van der Waals surface area contributed by atoms with E-state index in [0.717, 1.165) is 33.4 Å². The van der Waals surface area contributed by atoms with E-state index in [1.165, 1.54) is 24.3 Å². The Morgan fingerprint density at radius 1 is 0.526 bits per heavy atom. The minimum Gasteiger partial charge on any atom is -0.497 e. The number of non-ortho nitro benzene ring substituents is 2. The Labute approximate surface area is 219 Å². The number of nitro groups is 2. The van der Waals surface area contributed by atoms with Crippen LogP contribution in [0.2, 0.25) is 0 Å². The molecule has 0 radical (unpaired) electrons. The Hall–Kier alpha value is -5.24. The summed E-state index contributed by atoms with van der Waals surface area (Å²) in [4.78, 5) is 21.5. The van der Waals surface area contributed by atoms with E-state index >= 15 is 0 Å². The van der Waals surface area contributed by atoms with Crippen LogP contribution in [0.5, 0.6) is 11.5 Å². The fourth-order valence-corrected chi connectivity index (χ4v) is 3.95. The molecule has 38 heavy (non-hydrogen) atoms. The van der Waals surface area contributed by atoms with Gasteiger partial charge in [-0.05, 0) is 81.9 Å². The van der Waals surface area contributed by atoms with Crippen molar-refractivity contribution >= 4 is 22.5 Å². The zero-order valence-corrected chi connectivity index (χ0v) is 20.7. The maximum atomic E-state index is 11.2. The summed E-state index contributed by atoms with van der Waals surface area (Å²) in [5.41, 5.74) is 5.00. The first kappa shape index (κ1) is 25.8. The average Bonchev–Trinajstić information content (AvgIpc) is 2.96. The first-order valence-corrected chi connectivity index (χ1v) is 11.6. The molecule has 0 bridgehead atoms. The SMILES string of the molecule is COc1ccc(/C(=C\C=C(/c2ccc(OC)cc2)c2ccc([N+](=O)[O-])cc2)c2ccc([N+](=O)[O-])cc2)cc1. The van der Waals surface area contributed by atoms with Gasteiger partial charge >= 0.3 is 0 Å². The fraction of sp³-hybridized carbons (Fsp3) is 0.0667. The molecule has 0 aliphatic rings. The summed E-state index contributed by atoms with van der Waals surface area (Å²) in [5.74, 6) is 1.41. The molecule has 0 unspecified atom stereocenters. The van der Waals surface area contributed by atoms with E-state index in [-0.39, 0.29) is 11.4 Å². The van der Waals surface area contributed by atoms with Gasteiger partial charge in [0, 0.05) is 24.3 Å². The third-order valence-corrected chi connectivity index (χ3v) is 6.00. The predicted octanol–water partition coefficient (Wildman–Crippen LogP) is 7.08. The van der Waals surface area contributed by atoms with Crippen molar-refractivity contribution in [3.05, 3.63) is 152 Å². The zero-order valence-electron chi connectivity index (χ0n) is 20.7. The summed E-state index contributed by atoms with van der Waals surface area (Å²) in [5, 5.41) is 22.4. The topological polar surface area (TPSA) is 105 Å². The van der Waals surface area contributed by atoms with Crippen LogP contribution in [0.3, 0.4) is 0 Å². The van der Waals surface area contributed by atoms with Crippen LogP contribution in [-0.2, 0) is 0 Å². The largest absolute Gasteiger partial charge is 0.497 e. The van der Waals surface area contributed by atoms with Gasteiger partial charge in [-0.3, -0.25) is 20.2 Å². The van der Waals surface area contributed by atoms with Crippen LogP contribution >= 0.6 is 0 Å². The van der Waals surface area contributed by atoms with Gasteiger partial charge in [-0.2, -0.15) is 0 Å². The minimum atomic E-state index is -0.434. The average molecular weight is 509 g/mol. The molecule has 0 heterocycles. The maximum Gasteiger partial charge on any atom is 0.269 e. The Bertz CT molecular complexity index is 1370. The third kappa shape index (κ3) is 5.93. The highest BCUT2D eigenvalue weighted by molar-refractivity contribution is 5.86. The Kier molecular flexibility index (Phi) is 7.93. The third-order valence-electron chi connectivity index (χ3n) is 6.00. The van der Waals surface area contributed by atoms with Gasteiger partial charge < -0.3 is 9.47 Å². The number of rotatable bonds is 9. The van der Waals surface area contributed by atoms with Gasteiger partial charge in [-0.15, -0.1) is 0 Å². The lowest BCUT2D eigenvalue weighted by molar-refractivity contribution is -0.385. The molecule has 0 fully saturated rings. The lowest BCUT2D eigenvalue weighted by atomic mass is 9.93. The highest BCUT2D eigenvalue weighted by Gasteiger charge is 2.12. The number of ether oxygens (including phenoxy) is 2. The monoisotopic (exact) mass is 508 g/mol. The van der Waals surface area contributed by atoms with Crippen molar-refractivity contribution in [2.24, 2.45) is 0 Å². The molecule has 0 spiro atoms. The van der Waals surface area contributed by atoms with Crippen molar-refractivity contribution in [1.29, 1.82) is 0 Å². The highest BCUT2D eigenvalue weighted by Crippen LogP contribution is 2.31. The van der Waals surface area contributed by atoms with Crippen molar-refractivity contribution in [3.8, 4) is 11.5 Å². The molecule has 4 rings (SSSR count). The first-order valence-electron chi connectivity index (χ1n) is 11.6. The first-order chi connectivity index (χ1) is 18.4. The Balaban J connectivity index is 1.87. The molecule has 0 aromatic heterocycles. The number of hydrogen-bond acceptors (Lipinski definition) is 6. The Morgan fingerprint density at radius 3 is 1.03 bits per heavy atom. The number of methoxy groups -OCH3 is 2. The predicted molar refractivity (Wildman–Crippen MR) is 146 cm³/mol. The quantitative estimate of drug-likeness (QED) is 0.136. The summed E-state index contributed by atoms with van der Waals surface area (Å²) in [6.07, 6.45) is 3.87. The van der Waals surface area contributed by atoms with E-state index in [2.05, 4.69) is 0 Å². The summed E-state index contributed by atoms with van der Waals surface area (Å²) < 4.78 is 10.6. The van der Waals surface area contributed by atoms with E-state index in [0.29, 0.717) is 11.5 Å². The molecule has 0 aliphatic heterocycles. The standard InChI is InChI=1S/C30H24N2O6/c1-37-27-15-7-23(8-16-27)29(21-3-11-25(12-4-21)31(33)34)19-20-30(24-9-17-28(38-2)18-10-24)22-5-13-26(14-6-22)32(35)36/h3-20H,1-2H3/b29-19-,30-20-. The molecule has 4 aromatic carbocycles. The molecule has 0 saturated heterocycles. The summed E-state index contributed by atoms with van der Waals surface area (Å²) in [7, 11) is 3.19. The molecule has 190 valence electrons. The summed E-state index contributed by atoms with van der Waals surface area (Å²) in [6.45, 7) is 0. The second-order valence-corrected chi connectivity index (χ2v) is 8.23. The second kappa shape index (κ2) is 11.7. The molecule has 0 amide bonds. The van der Waals surface area contributed by atoms with Gasteiger partial charge in [0.05, 0.1) is 24.1 Å². The molecule has 0 aliphatic carbocycles. The van der Waals surface area contributed by atoms with Crippen LogP contribution in [-0.4, -0.2) is 24.1 Å². The van der Waals surface area contributed by atoms with Gasteiger partial charge in [0.15, 0.2) is 0 Å². The smallest absolute Gasteiger partial charge is 0.269 e. The van der Waals surface area contributed by atoms with Gasteiger partial charge in [0.25, 0.3) is 11.4 Å². The van der Waals surface area contributed by atoms with E-state index in [9.17, 15) is 20.2 Å². The highest BCUT2D eigenvalue weighted by atomic mass is 16.6. The van der Waals surface area contributed by atoms with E-state index in [4.69, 9.17) is 9.47 Å². The molecular formula is C30H24N2O6. The van der Waals surface area contributed by atoms with Crippen LogP contribution in [0.1, 0.15) is 22.3 Å². The minimum absolute atomic E-state index is 0.00294. The fourth-order valence-electron chi connectivity index (χ4n) is 3.95. The van der Waals surface area contributed by atoms with Gasteiger partial charge in [0.2, 0.25) is 0 Å². The number of allylic oxidation sites excluding steroid dienone is 2. The van der Waals surface area contributed by atoms with E-state index < -0.39 is 9.85 Å². The van der Waals surface area contributed by atoms with Crippen molar-refractivity contribution in [2.45, 2.75) is 0 Å². The van der Waals surface area contributed by atoms with Gasteiger partial charge in [0.1, 0.15) is 11.5 Å². The zero-order chi connectivity index (χ0) is 27.1. The maximum absolute atomic E-state index is 11.2.